The average molecular weight is 411 g/mol. The molecule has 0 unspecified atom stereocenters. The van der Waals surface area contributed by atoms with E-state index >= 15 is 0 Å². The number of thiazole rings is 1. The normalized spacial score (nSPS) is 12.7. The van der Waals surface area contributed by atoms with Crippen molar-refractivity contribution < 1.29 is 9.59 Å². The van der Waals surface area contributed by atoms with Crippen LogP contribution in [0.25, 0.3) is 6.08 Å². The number of nitrogens with zero attached hydrogens (tertiary/aromatic N) is 3. The molecule has 1 aliphatic rings. The Morgan fingerprint density at radius 2 is 2.00 bits per heavy atom. The maximum atomic E-state index is 12.9. The van der Waals surface area contributed by atoms with Gasteiger partial charge in [-0.05, 0) is 31.1 Å². The van der Waals surface area contributed by atoms with Crippen molar-refractivity contribution in [3.63, 3.8) is 0 Å². The molecule has 2 aromatic rings. The van der Waals surface area contributed by atoms with E-state index in [2.05, 4.69) is 29.1 Å². The summed E-state index contributed by atoms with van der Waals surface area (Å²) in [7, 11) is 0. The van der Waals surface area contributed by atoms with E-state index in [1.807, 2.05) is 22.4 Å². The molecule has 1 aromatic carbocycles. The minimum atomic E-state index is -0.167. The number of aromatic nitrogens is 1. The number of nitrogens with one attached hydrogen (secondary N) is 1. The Morgan fingerprint density at radius 3 is 2.69 bits per heavy atom. The molecule has 0 saturated carbocycles. The zero-order valence-corrected chi connectivity index (χ0v) is 17.7. The zero-order chi connectivity index (χ0) is 20.6. The minimum Gasteiger partial charge on any atom is -0.346 e. The van der Waals surface area contributed by atoms with Gasteiger partial charge < -0.3 is 10.2 Å². The number of amides is 2. The Bertz CT molecular complexity index is 913. The van der Waals surface area contributed by atoms with E-state index in [1.54, 1.807) is 24.5 Å². The second kappa shape index (κ2) is 10.1. The number of carbonyl (C=O) groups is 2. The minimum absolute atomic E-state index is 0.0678. The standard InChI is InChI=1S/C22H26N4O2S/c1-3-10-26(11-4-2)22(28)18-7-8-23-19-14-17(6-5-16(19)13-18)21(27)25-15-20-24-9-12-29-20/h5-6,8-9,12-14H,3-4,7,10-11,15H2,1-2H3,(H,25,27). The van der Waals surface area contributed by atoms with E-state index in [1.165, 1.54) is 11.3 Å². The van der Waals surface area contributed by atoms with Crippen LogP contribution in [0.2, 0.25) is 0 Å². The van der Waals surface area contributed by atoms with Crippen molar-refractivity contribution in [1.29, 1.82) is 0 Å². The first-order valence-electron chi connectivity index (χ1n) is 9.95. The summed E-state index contributed by atoms with van der Waals surface area (Å²) in [6, 6.07) is 5.39. The molecule has 6 nitrogen and oxygen atoms in total. The van der Waals surface area contributed by atoms with Crippen molar-refractivity contribution in [3.8, 4) is 0 Å². The highest BCUT2D eigenvalue weighted by atomic mass is 32.1. The van der Waals surface area contributed by atoms with E-state index < -0.39 is 0 Å². The molecule has 1 aliphatic heterocycles. The van der Waals surface area contributed by atoms with Crippen molar-refractivity contribution in [2.24, 2.45) is 4.99 Å². The molecule has 152 valence electrons. The van der Waals surface area contributed by atoms with Crippen LogP contribution in [-0.2, 0) is 11.3 Å². The molecule has 0 fully saturated rings. The molecule has 29 heavy (non-hydrogen) atoms. The lowest BCUT2D eigenvalue weighted by atomic mass is 10.0. The van der Waals surface area contributed by atoms with Crippen LogP contribution in [0.3, 0.4) is 0 Å². The van der Waals surface area contributed by atoms with Gasteiger partial charge in [0.05, 0.1) is 12.2 Å². The highest BCUT2D eigenvalue weighted by molar-refractivity contribution is 7.09. The van der Waals surface area contributed by atoms with Crippen LogP contribution < -0.4 is 5.32 Å². The highest BCUT2D eigenvalue weighted by Gasteiger charge is 2.19. The fourth-order valence-electron chi connectivity index (χ4n) is 3.21. The van der Waals surface area contributed by atoms with Gasteiger partial charge in [-0.2, -0.15) is 0 Å². The van der Waals surface area contributed by atoms with Gasteiger partial charge in [0.25, 0.3) is 5.91 Å². The SMILES string of the molecule is CCCN(CCC)C(=O)C1=Cc2ccc(C(=O)NCc3nccs3)cc2N=CC1. The molecule has 2 heterocycles. The third-order valence-corrected chi connectivity index (χ3v) is 5.38. The Morgan fingerprint density at radius 1 is 1.21 bits per heavy atom. The lowest BCUT2D eigenvalue weighted by Crippen LogP contribution is -2.33. The number of fused-ring (bicyclic) bond motifs is 1. The first-order chi connectivity index (χ1) is 14.1. The molecule has 1 N–H and O–H groups in total. The first-order valence-corrected chi connectivity index (χ1v) is 10.8. The summed E-state index contributed by atoms with van der Waals surface area (Å²) in [5.41, 5.74) is 2.83. The summed E-state index contributed by atoms with van der Waals surface area (Å²) in [4.78, 5) is 36.0. The van der Waals surface area contributed by atoms with Crippen molar-refractivity contribution >= 4 is 41.1 Å². The molecule has 0 aliphatic carbocycles. The van der Waals surface area contributed by atoms with Crippen LogP contribution in [0, 0.1) is 0 Å². The van der Waals surface area contributed by atoms with E-state index in [-0.39, 0.29) is 11.8 Å². The monoisotopic (exact) mass is 410 g/mol. The Hall–Kier alpha value is -2.80. The summed E-state index contributed by atoms with van der Waals surface area (Å²) < 4.78 is 0. The molecule has 0 saturated heterocycles. The van der Waals surface area contributed by atoms with Crippen LogP contribution >= 0.6 is 11.3 Å². The van der Waals surface area contributed by atoms with Crippen LogP contribution in [0.5, 0.6) is 0 Å². The largest absolute Gasteiger partial charge is 0.346 e. The summed E-state index contributed by atoms with van der Waals surface area (Å²) in [6.45, 7) is 6.07. The summed E-state index contributed by atoms with van der Waals surface area (Å²) >= 11 is 1.50. The van der Waals surface area contributed by atoms with Crippen molar-refractivity contribution in [1.82, 2.24) is 15.2 Å². The second-order valence-corrected chi connectivity index (χ2v) is 7.84. The van der Waals surface area contributed by atoms with E-state index in [0.717, 1.165) is 42.1 Å². The quantitative estimate of drug-likeness (QED) is 0.708. The first kappa shape index (κ1) is 20.9. The predicted molar refractivity (Wildman–Crippen MR) is 118 cm³/mol. The van der Waals surface area contributed by atoms with E-state index in [9.17, 15) is 9.59 Å². The number of hydrogen-bond acceptors (Lipinski definition) is 5. The van der Waals surface area contributed by atoms with Gasteiger partial charge in [0.15, 0.2) is 0 Å². The topological polar surface area (TPSA) is 74.7 Å². The Labute approximate surface area is 175 Å². The molecule has 3 rings (SSSR count). The van der Waals surface area contributed by atoms with Crippen molar-refractivity contribution in [2.75, 3.05) is 13.1 Å². The molecule has 0 radical (unpaired) electrons. The molecular formula is C22H26N4O2S. The van der Waals surface area contributed by atoms with E-state index in [0.29, 0.717) is 24.2 Å². The van der Waals surface area contributed by atoms with Gasteiger partial charge in [-0.1, -0.05) is 19.9 Å². The third-order valence-electron chi connectivity index (χ3n) is 4.60. The molecule has 2 amide bonds. The number of hydrogen-bond donors (Lipinski definition) is 1. The van der Waals surface area contributed by atoms with Crippen LogP contribution in [0.4, 0.5) is 5.69 Å². The van der Waals surface area contributed by atoms with Gasteiger partial charge in [-0.3, -0.25) is 14.6 Å². The third kappa shape index (κ3) is 5.38. The van der Waals surface area contributed by atoms with Crippen molar-refractivity contribution in [2.45, 2.75) is 39.7 Å². The smallest absolute Gasteiger partial charge is 0.251 e. The van der Waals surface area contributed by atoms with Gasteiger partial charge >= 0.3 is 0 Å². The maximum absolute atomic E-state index is 12.9. The number of benzene rings is 1. The summed E-state index contributed by atoms with van der Waals surface area (Å²) in [6.07, 6.45) is 7.73. The van der Waals surface area contributed by atoms with Crippen LogP contribution in [-0.4, -0.2) is 41.0 Å². The van der Waals surface area contributed by atoms with Crippen LogP contribution in [0.1, 0.15) is 54.0 Å². The summed E-state index contributed by atoms with van der Waals surface area (Å²) in [5.74, 6) is -0.0990. The second-order valence-electron chi connectivity index (χ2n) is 6.86. The Balaban J connectivity index is 1.76. The molecule has 0 bridgehead atoms. The van der Waals surface area contributed by atoms with E-state index in [4.69, 9.17) is 0 Å². The molecular weight excluding hydrogens is 384 g/mol. The van der Waals surface area contributed by atoms with Crippen molar-refractivity contribution in [3.05, 3.63) is 51.5 Å². The molecule has 0 atom stereocenters. The molecule has 0 spiro atoms. The maximum Gasteiger partial charge on any atom is 0.251 e. The van der Waals surface area contributed by atoms with Gasteiger partial charge in [0.2, 0.25) is 5.91 Å². The summed E-state index contributed by atoms with van der Waals surface area (Å²) in [5, 5.41) is 5.62. The van der Waals surface area contributed by atoms with Gasteiger partial charge in [-0.15, -0.1) is 11.3 Å². The lowest BCUT2D eigenvalue weighted by molar-refractivity contribution is -0.127. The molecule has 1 aromatic heterocycles. The number of aliphatic imine (C=N–C) groups is 1. The van der Waals surface area contributed by atoms with Gasteiger partial charge in [0.1, 0.15) is 5.01 Å². The fraction of sp³-hybridized carbons (Fsp3) is 0.364. The van der Waals surface area contributed by atoms with Crippen LogP contribution in [0.15, 0.2) is 40.3 Å². The van der Waals surface area contributed by atoms with Gasteiger partial charge in [-0.25, -0.2) is 4.98 Å². The lowest BCUT2D eigenvalue weighted by Gasteiger charge is -2.22. The van der Waals surface area contributed by atoms with Gasteiger partial charge in [0, 0.05) is 54.0 Å². The highest BCUT2D eigenvalue weighted by Crippen LogP contribution is 2.27. The molecule has 7 heteroatoms. The number of rotatable bonds is 8. The fourth-order valence-corrected chi connectivity index (χ4v) is 3.77. The Kier molecular flexibility index (Phi) is 7.30. The number of carbonyl (C=O) groups excluding carboxylic acids is 2. The zero-order valence-electron chi connectivity index (χ0n) is 16.9. The predicted octanol–water partition coefficient (Wildman–Crippen LogP) is 4.21. The average Bonchev–Trinajstić information content (AvgIpc) is 3.16.